The van der Waals surface area contributed by atoms with Gasteiger partial charge in [0.1, 0.15) is 12.1 Å². The van der Waals surface area contributed by atoms with Crippen molar-refractivity contribution in [2.75, 3.05) is 32.1 Å². The molecule has 0 aliphatic carbocycles. The Kier molecular flexibility index (Phi) is 7.32. The summed E-state index contributed by atoms with van der Waals surface area (Å²) in [5, 5.41) is 11.5. The second-order valence-electron chi connectivity index (χ2n) is 7.28. The van der Waals surface area contributed by atoms with E-state index in [1.807, 2.05) is 30.3 Å². The maximum atomic E-state index is 12.2. The molecular formula is C24H26N6O3. The summed E-state index contributed by atoms with van der Waals surface area (Å²) < 4.78 is 12.5. The van der Waals surface area contributed by atoms with Crippen LogP contribution in [0.25, 0.3) is 11.0 Å². The number of carbonyl (C=O) groups is 1. The molecule has 1 amide bonds. The molecule has 0 radical (unpaired) electrons. The Morgan fingerprint density at radius 2 is 1.79 bits per heavy atom. The van der Waals surface area contributed by atoms with Crippen molar-refractivity contribution in [2.24, 2.45) is 0 Å². The van der Waals surface area contributed by atoms with Crippen molar-refractivity contribution in [3.63, 3.8) is 0 Å². The molecule has 0 spiro atoms. The van der Waals surface area contributed by atoms with Crippen LogP contribution in [0, 0.1) is 0 Å². The first-order valence-electron chi connectivity index (χ1n) is 10.7. The first kappa shape index (κ1) is 22.1. The number of anilines is 1. The molecule has 0 atom stereocenters. The number of carbonyl (C=O) groups excluding carboxylic acids is 1. The summed E-state index contributed by atoms with van der Waals surface area (Å²) in [5.41, 5.74) is 1.98. The molecular weight excluding hydrogens is 420 g/mol. The Morgan fingerprint density at radius 1 is 1.00 bits per heavy atom. The molecule has 2 heterocycles. The van der Waals surface area contributed by atoms with Crippen molar-refractivity contribution in [3.8, 4) is 11.5 Å². The van der Waals surface area contributed by atoms with Gasteiger partial charge in [-0.15, -0.1) is 0 Å². The summed E-state index contributed by atoms with van der Waals surface area (Å²) in [5.74, 6) is 1.63. The lowest BCUT2D eigenvalue weighted by atomic mass is 10.1. The third-order valence-corrected chi connectivity index (χ3v) is 5.06. The van der Waals surface area contributed by atoms with E-state index in [1.165, 1.54) is 11.9 Å². The lowest BCUT2D eigenvalue weighted by Gasteiger charge is -2.10. The predicted molar refractivity (Wildman–Crippen MR) is 125 cm³/mol. The molecule has 2 aromatic carbocycles. The molecule has 4 aromatic rings. The average molecular weight is 447 g/mol. The standard InChI is InChI=1S/C24H26N6O3/c1-32-20-9-5-6-10-21(20)33-16-22(31)25-13-14-30-24-19(15-29-30)23(27-17-28-24)26-12-11-18-7-3-2-4-8-18/h2-10,15,17H,11-14,16H2,1H3,(H,25,31)(H,26,27,28). The van der Waals surface area contributed by atoms with Gasteiger partial charge in [0.2, 0.25) is 0 Å². The van der Waals surface area contributed by atoms with Crippen molar-refractivity contribution in [1.29, 1.82) is 0 Å². The first-order valence-corrected chi connectivity index (χ1v) is 10.7. The van der Waals surface area contributed by atoms with Crippen LogP contribution >= 0.6 is 0 Å². The second-order valence-corrected chi connectivity index (χ2v) is 7.28. The molecule has 0 fully saturated rings. The smallest absolute Gasteiger partial charge is 0.258 e. The predicted octanol–water partition coefficient (Wildman–Crippen LogP) is 2.68. The molecule has 33 heavy (non-hydrogen) atoms. The van der Waals surface area contributed by atoms with E-state index in [2.05, 4.69) is 37.8 Å². The van der Waals surface area contributed by atoms with Crippen LogP contribution in [-0.4, -0.2) is 52.5 Å². The minimum absolute atomic E-state index is 0.0993. The summed E-state index contributed by atoms with van der Waals surface area (Å²) in [7, 11) is 1.56. The van der Waals surface area contributed by atoms with Crippen molar-refractivity contribution in [2.45, 2.75) is 13.0 Å². The molecule has 0 aliphatic heterocycles. The van der Waals surface area contributed by atoms with Gasteiger partial charge in [-0.1, -0.05) is 42.5 Å². The van der Waals surface area contributed by atoms with Crippen LogP contribution in [-0.2, 0) is 17.8 Å². The summed E-state index contributed by atoms with van der Waals surface area (Å²) in [6.07, 6.45) is 4.15. The first-order chi connectivity index (χ1) is 16.2. The van der Waals surface area contributed by atoms with Crippen molar-refractivity contribution in [3.05, 3.63) is 72.7 Å². The van der Waals surface area contributed by atoms with Gasteiger partial charge in [0.05, 0.1) is 25.2 Å². The molecule has 0 saturated carbocycles. The number of rotatable bonds is 11. The van der Waals surface area contributed by atoms with Crippen LogP contribution < -0.4 is 20.1 Å². The quantitative estimate of drug-likeness (QED) is 0.365. The number of nitrogens with zero attached hydrogens (tertiary/aromatic N) is 4. The molecule has 2 N–H and O–H groups in total. The van der Waals surface area contributed by atoms with Crippen LogP contribution in [0.5, 0.6) is 11.5 Å². The summed E-state index contributed by atoms with van der Waals surface area (Å²) >= 11 is 0. The topological polar surface area (TPSA) is 103 Å². The minimum atomic E-state index is -0.227. The molecule has 0 unspecified atom stereocenters. The number of benzene rings is 2. The number of para-hydroxylation sites is 2. The van der Waals surface area contributed by atoms with Crippen LogP contribution in [0.1, 0.15) is 5.56 Å². The largest absolute Gasteiger partial charge is 0.493 e. The van der Waals surface area contributed by atoms with Gasteiger partial charge >= 0.3 is 0 Å². The maximum absolute atomic E-state index is 12.2. The Morgan fingerprint density at radius 3 is 2.61 bits per heavy atom. The molecule has 4 rings (SSSR count). The van der Waals surface area contributed by atoms with Gasteiger partial charge in [-0.05, 0) is 24.1 Å². The highest BCUT2D eigenvalue weighted by Gasteiger charge is 2.11. The number of hydrogen-bond acceptors (Lipinski definition) is 7. The average Bonchev–Trinajstić information content (AvgIpc) is 3.27. The van der Waals surface area contributed by atoms with E-state index in [0.717, 1.165) is 24.2 Å². The van der Waals surface area contributed by atoms with Crippen molar-refractivity contribution >= 4 is 22.8 Å². The normalized spacial score (nSPS) is 10.7. The van der Waals surface area contributed by atoms with Gasteiger partial charge in [-0.25, -0.2) is 14.6 Å². The lowest BCUT2D eigenvalue weighted by molar-refractivity contribution is -0.123. The van der Waals surface area contributed by atoms with Crippen LogP contribution in [0.2, 0.25) is 0 Å². The minimum Gasteiger partial charge on any atom is -0.493 e. The van der Waals surface area contributed by atoms with Crippen molar-refractivity contribution < 1.29 is 14.3 Å². The number of hydrogen-bond donors (Lipinski definition) is 2. The van der Waals surface area contributed by atoms with Gasteiger partial charge in [0, 0.05) is 13.1 Å². The highest BCUT2D eigenvalue weighted by molar-refractivity contribution is 5.86. The fourth-order valence-corrected chi connectivity index (χ4v) is 3.40. The zero-order valence-electron chi connectivity index (χ0n) is 18.4. The Bertz CT molecular complexity index is 1200. The van der Waals surface area contributed by atoms with E-state index in [0.29, 0.717) is 30.2 Å². The third-order valence-electron chi connectivity index (χ3n) is 5.06. The van der Waals surface area contributed by atoms with Gasteiger partial charge in [-0.2, -0.15) is 5.10 Å². The molecule has 0 saturated heterocycles. The summed E-state index contributed by atoms with van der Waals surface area (Å²) in [4.78, 5) is 20.9. The monoisotopic (exact) mass is 446 g/mol. The van der Waals surface area contributed by atoms with E-state index >= 15 is 0 Å². The SMILES string of the molecule is COc1ccccc1OCC(=O)NCCn1ncc2c(NCCc3ccccc3)ncnc21. The van der Waals surface area contributed by atoms with Gasteiger partial charge in [0.15, 0.2) is 23.8 Å². The molecule has 0 bridgehead atoms. The molecule has 9 nitrogen and oxygen atoms in total. The van der Waals surface area contributed by atoms with Crippen LogP contribution in [0.15, 0.2) is 67.1 Å². The zero-order valence-corrected chi connectivity index (χ0v) is 18.4. The highest BCUT2D eigenvalue weighted by atomic mass is 16.5. The number of nitrogens with one attached hydrogen (secondary N) is 2. The summed E-state index contributed by atoms with van der Waals surface area (Å²) in [6, 6.07) is 17.5. The Labute approximate surface area is 191 Å². The molecule has 170 valence electrons. The summed E-state index contributed by atoms with van der Waals surface area (Å²) in [6.45, 7) is 1.53. The second kappa shape index (κ2) is 10.9. The number of amides is 1. The third kappa shape index (κ3) is 5.76. The fraction of sp³-hybridized carbons (Fsp3) is 0.250. The van der Waals surface area contributed by atoms with Gasteiger partial charge in [-0.3, -0.25) is 4.79 Å². The number of fused-ring (bicyclic) bond motifs is 1. The van der Waals surface area contributed by atoms with E-state index in [9.17, 15) is 4.79 Å². The van der Waals surface area contributed by atoms with Gasteiger partial charge in [0.25, 0.3) is 5.91 Å². The van der Waals surface area contributed by atoms with E-state index < -0.39 is 0 Å². The zero-order chi connectivity index (χ0) is 22.9. The van der Waals surface area contributed by atoms with E-state index in [1.54, 1.807) is 30.1 Å². The number of aromatic nitrogens is 4. The van der Waals surface area contributed by atoms with Crippen molar-refractivity contribution in [1.82, 2.24) is 25.1 Å². The highest BCUT2D eigenvalue weighted by Crippen LogP contribution is 2.25. The fourth-order valence-electron chi connectivity index (χ4n) is 3.40. The number of ether oxygens (including phenoxy) is 2. The van der Waals surface area contributed by atoms with E-state index in [4.69, 9.17) is 9.47 Å². The van der Waals surface area contributed by atoms with E-state index in [-0.39, 0.29) is 12.5 Å². The molecule has 9 heteroatoms. The van der Waals surface area contributed by atoms with Gasteiger partial charge < -0.3 is 20.1 Å². The maximum Gasteiger partial charge on any atom is 0.258 e. The Hall–Kier alpha value is -4.14. The van der Waals surface area contributed by atoms with Crippen LogP contribution in [0.4, 0.5) is 5.82 Å². The molecule has 0 aliphatic rings. The molecule has 2 aromatic heterocycles. The lowest BCUT2D eigenvalue weighted by Crippen LogP contribution is -2.31. The Balaban J connectivity index is 1.27. The number of methoxy groups -OCH3 is 1. The van der Waals surface area contributed by atoms with Crippen LogP contribution in [0.3, 0.4) is 0 Å².